The molecule has 0 spiro atoms. The number of hydrogen-bond donors (Lipinski definition) is 2. The van der Waals surface area contributed by atoms with Crippen molar-refractivity contribution in [2.45, 2.75) is 0 Å². The number of esters is 1. The van der Waals surface area contributed by atoms with E-state index < -0.39 is 5.97 Å². The van der Waals surface area contributed by atoms with Crippen LogP contribution in [0.5, 0.6) is 0 Å². The molecular formula is C8H7N3O3. The lowest BCUT2D eigenvalue weighted by Crippen LogP contribution is -2.16. The van der Waals surface area contributed by atoms with Gasteiger partial charge in [0.25, 0.3) is 5.56 Å². The lowest BCUT2D eigenvalue weighted by Gasteiger charge is -1.97. The van der Waals surface area contributed by atoms with E-state index in [-0.39, 0.29) is 11.4 Å². The average molecular weight is 193 g/mol. The Hall–Kier alpha value is -2.11. The first kappa shape index (κ1) is 8.49. The van der Waals surface area contributed by atoms with Gasteiger partial charge < -0.3 is 14.7 Å². The van der Waals surface area contributed by atoms with E-state index in [1.165, 1.54) is 7.11 Å². The number of carbonyl (C=O) groups excluding carboxylic acids is 1. The monoisotopic (exact) mass is 193 g/mol. The zero-order chi connectivity index (χ0) is 10.1. The third kappa shape index (κ3) is 1.17. The number of H-pyrrole nitrogens is 2. The zero-order valence-electron chi connectivity index (χ0n) is 7.33. The number of carbonyl (C=O) groups is 1. The van der Waals surface area contributed by atoms with Crippen molar-refractivity contribution in [2.24, 2.45) is 0 Å². The lowest BCUT2D eigenvalue weighted by atomic mass is 10.4. The summed E-state index contributed by atoms with van der Waals surface area (Å²) in [4.78, 5) is 31.4. The van der Waals surface area contributed by atoms with Gasteiger partial charge in [0, 0.05) is 6.20 Å². The second-order valence-electron chi connectivity index (χ2n) is 2.65. The van der Waals surface area contributed by atoms with Crippen molar-refractivity contribution >= 4 is 17.0 Å². The van der Waals surface area contributed by atoms with Crippen molar-refractivity contribution < 1.29 is 9.53 Å². The Labute approximate surface area is 77.9 Å². The predicted octanol–water partition coefficient (Wildman–Crippen LogP) is 0.0378. The SMILES string of the molecule is COC(=O)c1nc2[nH]ccc2c(=O)[nH]1. The summed E-state index contributed by atoms with van der Waals surface area (Å²) < 4.78 is 4.43. The third-order valence-corrected chi connectivity index (χ3v) is 1.80. The minimum Gasteiger partial charge on any atom is -0.463 e. The summed E-state index contributed by atoms with van der Waals surface area (Å²) in [6, 6.07) is 1.59. The van der Waals surface area contributed by atoms with Crippen LogP contribution in [0.15, 0.2) is 17.1 Å². The molecule has 2 aromatic heterocycles. The number of rotatable bonds is 1. The number of nitrogens with one attached hydrogen (secondary N) is 2. The molecule has 0 amide bonds. The highest BCUT2D eigenvalue weighted by molar-refractivity contribution is 5.87. The van der Waals surface area contributed by atoms with Gasteiger partial charge in [-0.1, -0.05) is 0 Å². The quantitative estimate of drug-likeness (QED) is 0.626. The summed E-state index contributed by atoms with van der Waals surface area (Å²) in [6.07, 6.45) is 1.58. The molecule has 0 aliphatic heterocycles. The lowest BCUT2D eigenvalue weighted by molar-refractivity contribution is 0.0587. The smallest absolute Gasteiger partial charge is 0.374 e. The van der Waals surface area contributed by atoms with Crippen LogP contribution in [0.4, 0.5) is 0 Å². The maximum atomic E-state index is 11.4. The maximum Gasteiger partial charge on any atom is 0.374 e. The van der Waals surface area contributed by atoms with E-state index in [4.69, 9.17) is 0 Å². The standard InChI is InChI=1S/C8H7N3O3/c1-14-8(13)6-10-5-4(2-3-9-5)7(12)11-6/h2-3H,1H3,(H2,9,10,11,12). The Bertz CT molecular complexity index is 540. The Morgan fingerprint density at radius 2 is 2.36 bits per heavy atom. The molecule has 0 fully saturated rings. The number of methoxy groups -OCH3 is 1. The normalized spacial score (nSPS) is 10.4. The van der Waals surface area contributed by atoms with Crippen LogP contribution in [-0.2, 0) is 4.74 Å². The first-order valence-corrected chi connectivity index (χ1v) is 3.88. The topological polar surface area (TPSA) is 87.8 Å². The Balaban J connectivity index is 2.70. The van der Waals surface area contributed by atoms with Gasteiger partial charge in [0.1, 0.15) is 5.65 Å². The highest BCUT2D eigenvalue weighted by Gasteiger charge is 2.11. The molecular weight excluding hydrogens is 186 g/mol. The van der Waals surface area contributed by atoms with E-state index in [0.717, 1.165) is 0 Å². The predicted molar refractivity (Wildman–Crippen MR) is 48.1 cm³/mol. The van der Waals surface area contributed by atoms with Crippen molar-refractivity contribution in [1.29, 1.82) is 0 Å². The first-order chi connectivity index (χ1) is 6.72. The molecule has 0 aromatic carbocycles. The number of aromatic amines is 2. The van der Waals surface area contributed by atoms with Crippen molar-refractivity contribution in [3.8, 4) is 0 Å². The number of fused-ring (bicyclic) bond motifs is 1. The van der Waals surface area contributed by atoms with E-state index in [0.29, 0.717) is 11.0 Å². The summed E-state index contributed by atoms with van der Waals surface area (Å²) in [5.74, 6) is -0.772. The minimum absolute atomic E-state index is 0.104. The summed E-state index contributed by atoms with van der Waals surface area (Å²) in [7, 11) is 1.22. The van der Waals surface area contributed by atoms with Crippen LogP contribution in [0.25, 0.3) is 11.0 Å². The molecule has 0 radical (unpaired) electrons. The molecule has 6 heteroatoms. The van der Waals surface area contributed by atoms with Gasteiger partial charge in [-0.3, -0.25) is 4.79 Å². The second-order valence-corrected chi connectivity index (χ2v) is 2.65. The molecule has 0 unspecified atom stereocenters. The third-order valence-electron chi connectivity index (χ3n) is 1.80. The first-order valence-electron chi connectivity index (χ1n) is 3.88. The Morgan fingerprint density at radius 1 is 1.57 bits per heavy atom. The Kier molecular flexibility index (Phi) is 1.81. The van der Waals surface area contributed by atoms with Gasteiger partial charge in [-0.15, -0.1) is 0 Å². The highest BCUT2D eigenvalue weighted by atomic mass is 16.5. The minimum atomic E-state index is -0.668. The van der Waals surface area contributed by atoms with E-state index in [2.05, 4.69) is 19.7 Å². The van der Waals surface area contributed by atoms with Gasteiger partial charge in [-0.2, -0.15) is 0 Å². The van der Waals surface area contributed by atoms with Crippen molar-refractivity contribution in [1.82, 2.24) is 15.0 Å². The number of aromatic nitrogens is 3. The van der Waals surface area contributed by atoms with Gasteiger partial charge in [0.05, 0.1) is 12.5 Å². The molecule has 0 saturated carbocycles. The molecule has 72 valence electrons. The van der Waals surface area contributed by atoms with Crippen molar-refractivity contribution in [2.75, 3.05) is 7.11 Å². The van der Waals surface area contributed by atoms with Crippen molar-refractivity contribution in [3.63, 3.8) is 0 Å². The molecule has 0 aliphatic carbocycles. The summed E-state index contributed by atoms with van der Waals surface area (Å²) in [6.45, 7) is 0. The molecule has 2 rings (SSSR count). The van der Waals surface area contributed by atoms with Crippen LogP contribution < -0.4 is 5.56 Å². The van der Waals surface area contributed by atoms with E-state index in [9.17, 15) is 9.59 Å². The van der Waals surface area contributed by atoms with Gasteiger partial charge in [-0.25, -0.2) is 9.78 Å². The fraction of sp³-hybridized carbons (Fsp3) is 0.125. The fourth-order valence-electron chi connectivity index (χ4n) is 1.14. The molecule has 2 heterocycles. The van der Waals surface area contributed by atoms with Gasteiger partial charge in [0.15, 0.2) is 0 Å². The Morgan fingerprint density at radius 3 is 3.07 bits per heavy atom. The van der Waals surface area contributed by atoms with Crippen molar-refractivity contribution in [3.05, 3.63) is 28.4 Å². The van der Waals surface area contributed by atoms with Crippen LogP contribution in [0.3, 0.4) is 0 Å². The van der Waals surface area contributed by atoms with Gasteiger partial charge in [-0.05, 0) is 6.07 Å². The second kappa shape index (κ2) is 2.99. The molecule has 0 saturated heterocycles. The summed E-state index contributed by atoms with van der Waals surface area (Å²) in [5.41, 5.74) is 0.00537. The van der Waals surface area contributed by atoms with E-state index >= 15 is 0 Å². The number of nitrogens with zero attached hydrogens (tertiary/aromatic N) is 1. The van der Waals surface area contributed by atoms with Crippen LogP contribution in [-0.4, -0.2) is 28.0 Å². The van der Waals surface area contributed by atoms with Gasteiger partial charge >= 0.3 is 5.97 Å². The molecule has 0 bridgehead atoms. The summed E-state index contributed by atoms with van der Waals surface area (Å²) in [5, 5.41) is 0.414. The molecule has 14 heavy (non-hydrogen) atoms. The van der Waals surface area contributed by atoms with Crippen LogP contribution in [0, 0.1) is 0 Å². The van der Waals surface area contributed by atoms with E-state index in [1.807, 2.05) is 0 Å². The molecule has 2 aromatic rings. The molecule has 0 aliphatic rings. The van der Waals surface area contributed by atoms with E-state index in [1.54, 1.807) is 12.3 Å². The largest absolute Gasteiger partial charge is 0.463 e. The number of ether oxygens (including phenoxy) is 1. The highest BCUT2D eigenvalue weighted by Crippen LogP contribution is 2.03. The maximum absolute atomic E-state index is 11.4. The zero-order valence-corrected chi connectivity index (χ0v) is 7.33. The molecule has 0 atom stereocenters. The fourth-order valence-corrected chi connectivity index (χ4v) is 1.14. The van der Waals surface area contributed by atoms with Crippen LogP contribution in [0.2, 0.25) is 0 Å². The average Bonchev–Trinajstić information content (AvgIpc) is 2.64. The van der Waals surface area contributed by atoms with Crippen LogP contribution >= 0.6 is 0 Å². The molecule has 6 nitrogen and oxygen atoms in total. The van der Waals surface area contributed by atoms with Gasteiger partial charge in [0.2, 0.25) is 5.82 Å². The molecule has 2 N–H and O–H groups in total. The summed E-state index contributed by atoms with van der Waals surface area (Å²) >= 11 is 0. The van der Waals surface area contributed by atoms with Crippen LogP contribution in [0.1, 0.15) is 10.6 Å². The number of hydrogen-bond acceptors (Lipinski definition) is 4.